The van der Waals surface area contributed by atoms with Gasteiger partial charge in [0, 0.05) is 22.6 Å². The summed E-state index contributed by atoms with van der Waals surface area (Å²) in [7, 11) is 0. The molecular formula is C11H10BrClF3N. The van der Waals surface area contributed by atoms with Crippen LogP contribution in [0.4, 0.5) is 18.9 Å². The molecule has 0 aliphatic carbocycles. The predicted octanol–water partition coefficient (Wildman–Crippen LogP) is 4.72. The van der Waals surface area contributed by atoms with Gasteiger partial charge < -0.3 is 4.90 Å². The fraction of sp³-hybridized carbons (Fsp3) is 0.455. The fourth-order valence-corrected chi connectivity index (χ4v) is 3.11. The van der Waals surface area contributed by atoms with Crippen LogP contribution in [0, 0.1) is 0 Å². The van der Waals surface area contributed by atoms with Crippen LogP contribution in [0.15, 0.2) is 16.6 Å². The van der Waals surface area contributed by atoms with Crippen molar-refractivity contribution in [2.24, 2.45) is 0 Å². The molecule has 0 aromatic heterocycles. The van der Waals surface area contributed by atoms with Gasteiger partial charge in [-0.2, -0.15) is 13.2 Å². The van der Waals surface area contributed by atoms with E-state index in [0.29, 0.717) is 17.6 Å². The molecule has 0 saturated carbocycles. The van der Waals surface area contributed by atoms with Gasteiger partial charge in [0.15, 0.2) is 0 Å². The third-order valence-electron chi connectivity index (χ3n) is 2.76. The van der Waals surface area contributed by atoms with Crippen LogP contribution in [0.25, 0.3) is 0 Å². The SMILES string of the molecule is FC(F)(F)c1cc(Cl)cc(Br)c1N1CCCC1. The first-order chi connectivity index (χ1) is 7.89. The maximum absolute atomic E-state index is 13.0. The van der Waals surface area contributed by atoms with Crippen LogP contribution >= 0.6 is 27.5 Å². The van der Waals surface area contributed by atoms with E-state index in [1.807, 2.05) is 0 Å². The molecule has 1 aromatic carbocycles. The van der Waals surface area contributed by atoms with E-state index < -0.39 is 11.7 Å². The highest BCUT2D eigenvalue weighted by molar-refractivity contribution is 9.10. The fourth-order valence-electron chi connectivity index (χ4n) is 2.04. The summed E-state index contributed by atoms with van der Waals surface area (Å²) in [6.45, 7) is 1.31. The van der Waals surface area contributed by atoms with E-state index in [9.17, 15) is 13.2 Å². The Balaban J connectivity index is 2.54. The normalized spacial score (nSPS) is 16.6. The Bertz CT molecular complexity index is 427. The maximum Gasteiger partial charge on any atom is 0.418 e. The number of alkyl halides is 3. The highest BCUT2D eigenvalue weighted by Crippen LogP contribution is 2.43. The molecule has 2 rings (SSSR count). The summed E-state index contributed by atoms with van der Waals surface area (Å²) >= 11 is 8.86. The lowest BCUT2D eigenvalue weighted by Crippen LogP contribution is -2.22. The van der Waals surface area contributed by atoms with Gasteiger partial charge in [-0.3, -0.25) is 0 Å². The number of benzene rings is 1. The molecule has 17 heavy (non-hydrogen) atoms. The van der Waals surface area contributed by atoms with E-state index in [1.54, 1.807) is 4.90 Å². The molecule has 0 atom stereocenters. The van der Waals surface area contributed by atoms with Crippen molar-refractivity contribution in [3.05, 3.63) is 27.2 Å². The Morgan fingerprint density at radius 1 is 1.18 bits per heavy atom. The Kier molecular flexibility index (Phi) is 3.59. The third kappa shape index (κ3) is 2.71. The smallest absolute Gasteiger partial charge is 0.370 e. The van der Waals surface area contributed by atoms with Gasteiger partial charge >= 0.3 is 6.18 Å². The first-order valence-electron chi connectivity index (χ1n) is 5.21. The second kappa shape index (κ2) is 4.69. The van der Waals surface area contributed by atoms with Gasteiger partial charge in [-0.1, -0.05) is 11.6 Å². The number of hydrogen-bond donors (Lipinski definition) is 0. The Hall–Kier alpha value is -0.420. The molecule has 0 spiro atoms. The highest BCUT2D eigenvalue weighted by Gasteiger charge is 2.36. The molecule has 0 amide bonds. The molecular weight excluding hydrogens is 318 g/mol. The molecule has 94 valence electrons. The molecule has 0 bridgehead atoms. The third-order valence-corrected chi connectivity index (χ3v) is 3.58. The molecule has 0 unspecified atom stereocenters. The van der Waals surface area contributed by atoms with Crippen molar-refractivity contribution < 1.29 is 13.2 Å². The van der Waals surface area contributed by atoms with Gasteiger partial charge in [-0.05, 0) is 40.9 Å². The topological polar surface area (TPSA) is 3.24 Å². The molecule has 0 N–H and O–H groups in total. The number of halogens is 5. The quantitative estimate of drug-likeness (QED) is 0.721. The van der Waals surface area contributed by atoms with Crippen LogP contribution in [0.3, 0.4) is 0 Å². The van der Waals surface area contributed by atoms with Crippen molar-refractivity contribution in [3.8, 4) is 0 Å². The van der Waals surface area contributed by atoms with Crippen LogP contribution in [0.5, 0.6) is 0 Å². The first-order valence-corrected chi connectivity index (χ1v) is 6.38. The van der Waals surface area contributed by atoms with Gasteiger partial charge in [0.05, 0.1) is 11.3 Å². The second-order valence-corrected chi connectivity index (χ2v) is 5.27. The van der Waals surface area contributed by atoms with Gasteiger partial charge in [-0.15, -0.1) is 0 Å². The van der Waals surface area contributed by atoms with Crippen molar-refractivity contribution in [1.29, 1.82) is 0 Å². The summed E-state index contributed by atoms with van der Waals surface area (Å²) < 4.78 is 39.3. The molecule has 6 heteroatoms. The van der Waals surface area contributed by atoms with Gasteiger partial charge in [0.1, 0.15) is 0 Å². The van der Waals surface area contributed by atoms with Crippen LogP contribution in [0.2, 0.25) is 5.02 Å². The van der Waals surface area contributed by atoms with E-state index in [0.717, 1.165) is 18.9 Å². The van der Waals surface area contributed by atoms with E-state index in [1.165, 1.54) is 6.07 Å². The van der Waals surface area contributed by atoms with Crippen molar-refractivity contribution in [2.75, 3.05) is 18.0 Å². The van der Waals surface area contributed by atoms with Gasteiger partial charge in [0.2, 0.25) is 0 Å². The summed E-state index contributed by atoms with van der Waals surface area (Å²) in [5.41, 5.74) is -0.460. The summed E-state index contributed by atoms with van der Waals surface area (Å²) in [5.74, 6) is 0. The van der Waals surface area contributed by atoms with Crippen LogP contribution in [0.1, 0.15) is 18.4 Å². The summed E-state index contributed by atoms with van der Waals surface area (Å²) in [6, 6.07) is 2.49. The summed E-state index contributed by atoms with van der Waals surface area (Å²) in [5, 5.41) is 0.0900. The minimum absolute atomic E-state index is 0.0900. The Morgan fingerprint density at radius 3 is 2.29 bits per heavy atom. The molecule has 1 nitrogen and oxygen atoms in total. The maximum atomic E-state index is 13.0. The monoisotopic (exact) mass is 327 g/mol. The molecule has 1 aliphatic rings. The zero-order chi connectivity index (χ0) is 12.6. The Morgan fingerprint density at radius 2 is 1.76 bits per heavy atom. The van der Waals surface area contributed by atoms with E-state index in [-0.39, 0.29) is 10.7 Å². The molecule has 1 heterocycles. The lowest BCUT2D eigenvalue weighted by Gasteiger charge is -2.24. The number of nitrogens with zero attached hydrogens (tertiary/aromatic N) is 1. The Labute approximate surface area is 111 Å². The van der Waals surface area contributed by atoms with Crippen molar-refractivity contribution in [3.63, 3.8) is 0 Å². The standard InChI is InChI=1S/C11H10BrClF3N/c12-9-6-7(13)5-8(11(14,15)16)10(9)17-3-1-2-4-17/h5-6H,1-4H2. The second-order valence-electron chi connectivity index (χ2n) is 3.98. The van der Waals surface area contributed by atoms with Gasteiger partial charge in [0.25, 0.3) is 0 Å². The van der Waals surface area contributed by atoms with E-state index in [2.05, 4.69) is 15.9 Å². The number of hydrogen-bond acceptors (Lipinski definition) is 1. The predicted molar refractivity (Wildman–Crippen MR) is 65.6 cm³/mol. The number of rotatable bonds is 1. The minimum atomic E-state index is -4.38. The van der Waals surface area contributed by atoms with E-state index in [4.69, 9.17) is 11.6 Å². The van der Waals surface area contributed by atoms with Crippen molar-refractivity contribution in [1.82, 2.24) is 0 Å². The minimum Gasteiger partial charge on any atom is -0.370 e. The van der Waals surface area contributed by atoms with Crippen molar-refractivity contribution in [2.45, 2.75) is 19.0 Å². The summed E-state index contributed by atoms with van der Waals surface area (Å²) in [4.78, 5) is 1.75. The highest BCUT2D eigenvalue weighted by atomic mass is 79.9. The van der Waals surface area contributed by atoms with Crippen LogP contribution in [-0.4, -0.2) is 13.1 Å². The molecule has 1 aliphatic heterocycles. The van der Waals surface area contributed by atoms with E-state index >= 15 is 0 Å². The first kappa shape index (κ1) is 13.0. The van der Waals surface area contributed by atoms with Gasteiger partial charge in [-0.25, -0.2) is 0 Å². The molecule has 1 fully saturated rings. The lowest BCUT2D eigenvalue weighted by atomic mass is 10.1. The molecule has 1 aromatic rings. The average Bonchev–Trinajstić information content (AvgIpc) is 2.67. The molecule has 0 radical (unpaired) electrons. The zero-order valence-electron chi connectivity index (χ0n) is 8.82. The van der Waals surface area contributed by atoms with Crippen LogP contribution in [-0.2, 0) is 6.18 Å². The largest absolute Gasteiger partial charge is 0.418 e. The average molecular weight is 329 g/mol. The summed E-state index contributed by atoms with van der Waals surface area (Å²) in [6.07, 6.45) is -2.54. The van der Waals surface area contributed by atoms with Crippen LogP contribution < -0.4 is 4.90 Å². The van der Waals surface area contributed by atoms with Crippen molar-refractivity contribution >= 4 is 33.2 Å². The lowest BCUT2D eigenvalue weighted by molar-refractivity contribution is -0.137. The number of anilines is 1. The zero-order valence-corrected chi connectivity index (χ0v) is 11.2. The molecule has 1 saturated heterocycles.